The van der Waals surface area contributed by atoms with Crippen molar-refractivity contribution in [2.75, 3.05) is 10.0 Å². The molecule has 5 N–H and O–H groups in total. The minimum atomic E-state index is -3.96. The lowest BCUT2D eigenvalue weighted by molar-refractivity contribution is -0.114. The van der Waals surface area contributed by atoms with Gasteiger partial charge in [0.15, 0.2) is 20.8 Å². The van der Waals surface area contributed by atoms with Gasteiger partial charge in [-0.05, 0) is 78.9 Å². The molecule has 2 atom stereocenters. The number of fused-ring (bicyclic) bond motifs is 3. The van der Waals surface area contributed by atoms with E-state index in [9.17, 15) is 13.2 Å². The first-order valence-electron chi connectivity index (χ1n) is 15.0. The van der Waals surface area contributed by atoms with Gasteiger partial charge in [-0.15, -0.1) is 23.1 Å². The molecule has 0 fully saturated rings. The fraction of sp³-hybridized carbons (Fsp3) is 0.0645. The second-order valence-corrected chi connectivity index (χ2v) is 16.7. The number of rotatable bonds is 11. The number of thiazole rings is 1. The number of azo groups is 1. The number of imidazole rings is 2. The first-order chi connectivity index (χ1) is 25.3. The van der Waals surface area contributed by atoms with Crippen molar-refractivity contribution < 1.29 is 13.2 Å². The fourth-order valence-electron chi connectivity index (χ4n) is 4.89. The number of hydrogen-bond acceptors (Lipinski definition) is 15. The summed E-state index contributed by atoms with van der Waals surface area (Å²) in [6.45, 7) is 0. The number of nitrogens with one attached hydrogen (secondary N) is 5. The summed E-state index contributed by atoms with van der Waals surface area (Å²) in [5, 5.41) is 11.4. The van der Waals surface area contributed by atoms with Crippen LogP contribution in [0.2, 0.25) is 0 Å². The fourth-order valence-corrected chi connectivity index (χ4v) is 9.49. The quantitative estimate of drug-likeness (QED) is 0.0281. The van der Waals surface area contributed by atoms with Gasteiger partial charge in [0.05, 0.1) is 50.8 Å². The molecule has 3 aromatic carbocycles. The van der Waals surface area contributed by atoms with Crippen LogP contribution in [-0.4, -0.2) is 59.8 Å². The number of aromatic amines is 3. The summed E-state index contributed by atoms with van der Waals surface area (Å²) < 4.78 is 29.9. The van der Waals surface area contributed by atoms with Crippen molar-refractivity contribution in [2.45, 2.75) is 19.9 Å². The molecule has 7 aromatic rings. The molecule has 0 bridgehead atoms. The number of nitrogens with zero attached hydrogens (tertiary/aromatic N) is 8. The molecule has 0 radical (unpaired) electrons. The van der Waals surface area contributed by atoms with E-state index in [1.165, 1.54) is 78.1 Å². The number of carbonyl (C=O) groups is 1. The van der Waals surface area contributed by atoms with E-state index in [1.807, 2.05) is 18.2 Å². The molecule has 258 valence electrons. The second kappa shape index (κ2) is 14.2. The van der Waals surface area contributed by atoms with Gasteiger partial charge in [-0.25, -0.2) is 33.3 Å². The topological polar surface area (TPSA) is 224 Å². The van der Waals surface area contributed by atoms with E-state index in [0.29, 0.717) is 54.4 Å². The normalized spacial score (nSPS) is 14.6. The molecule has 52 heavy (non-hydrogen) atoms. The molecule has 5 heterocycles. The van der Waals surface area contributed by atoms with E-state index in [1.54, 1.807) is 24.3 Å². The van der Waals surface area contributed by atoms with Crippen LogP contribution in [0.15, 0.2) is 116 Å². The number of amides is 1. The summed E-state index contributed by atoms with van der Waals surface area (Å²) in [6.07, 6.45) is 4.38. The molecule has 2 unspecified atom stereocenters. The van der Waals surface area contributed by atoms with E-state index in [0.717, 1.165) is 10.2 Å². The van der Waals surface area contributed by atoms with E-state index in [2.05, 4.69) is 71.1 Å². The molecule has 16 nitrogen and oxygen atoms in total. The smallest absolute Gasteiger partial charge is 0.261 e. The Balaban J connectivity index is 0.942. The Morgan fingerprint density at radius 1 is 0.942 bits per heavy atom. The van der Waals surface area contributed by atoms with Gasteiger partial charge >= 0.3 is 0 Å². The van der Waals surface area contributed by atoms with Crippen molar-refractivity contribution in [1.29, 1.82) is 0 Å². The van der Waals surface area contributed by atoms with Crippen molar-refractivity contribution >= 4 is 119 Å². The van der Waals surface area contributed by atoms with Crippen LogP contribution >= 0.6 is 47.1 Å². The van der Waals surface area contributed by atoms with Crippen molar-refractivity contribution in [2.24, 2.45) is 20.2 Å². The van der Waals surface area contributed by atoms with Gasteiger partial charge in [0, 0.05) is 11.4 Å². The Kier molecular flexibility index (Phi) is 9.18. The van der Waals surface area contributed by atoms with Crippen LogP contribution in [0.25, 0.3) is 21.4 Å². The number of carbonyl (C=O) groups excluding carboxylic acids is 1. The summed E-state index contributed by atoms with van der Waals surface area (Å²) in [5.74, 6) is 0.0536. The van der Waals surface area contributed by atoms with Crippen LogP contribution in [0.5, 0.6) is 0 Å². The largest absolute Gasteiger partial charge is 0.344 e. The first kappa shape index (κ1) is 33.6. The molecule has 21 heteroatoms. The predicted molar refractivity (Wildman–Crippen MR) is 203 cm³/mol. The number of benzene rings is 3. The van der Waals surface area contributed by atoms with Crippen LogP contribution in [0.4, 0.5) is 28.6 Å². The lowest BCUT2D eigenvalue weighted by Gasteiger charge is -2.20. The molecular formula is C31H21N13O3S5. The van der Waals surface area contributed by atoms with Gasteiger partial charge in [-0.1, -0.05) is 11.8 Å². The SMILES string of the molecule is O=C(Nc1ccc(S(=O)(=O)Nc2ccc(N=Nc3ccc4[nH]c(=S)sc4c3)cc2)cc1)C(Sc1ncnc2nc[nH]c12)SC1N=C=Nc2nc[nH]c21. The highest BCUT2D eigenvalue weighted by atomic mass is 32.2. The Labute approximate surface area is 310 Å². The van der Waals surface area contributed by atoms with Crippen LogP contribution in [0.1, 0.15) is 11.1 Å². The molecule has 1 aliphatic heterocycles. The lowest BCUT2D eigenvalue weighted by atomic mass is 10.3. The maximum Gasteiger partial charge on any atom is 0.261 e. The molecular weight excluding hydrogens is 763 g/mol. The number of aromatic nitrogens is 7. The zero-order valence-electron chi connectivity index (χ0n) is 26.1. The molecule has 4 aromatic heterocycles. The van der Waals surface area contributed by atoms with Crippen molar-refractivity contribution in [3.8, 4) is 0 Å². The number of H-pyrrole nitrogens is 3. The average molecular weight is 784 g/mol. The number of sulfonamides is 1. The maximum atomic E-state index is 13.8. The zero-order valence-corrected chi connectivity index (χ0v) is 30.2. The minimum Gasteiger partial charge on any atom is -0.344 e. The Morgan fingerprint density at radius 3 is 2.56 bits per heavy atom. The van der Waals surface area contributed by atoms with E-state index >= 15 is 0 Å². The highest BCUT2D eigenvalue weighted by molar-refractivity contribution is 8.18. The van der Waals surface area contributed by atoms with Crippen molar-refractivity contribution in [3.05, 3.63) is 95.4 Å². The standard InChI is InChI=1S/C31H21N13O3S5/c45-27(30(50-28-23-25(34-12-32-23)36-14-38-28)51-29-24-26(35-13-33-24)37-15-39-29)40-16-5-8-20(9-6-16)52(46,47)44-18-3-1-17(2-4-18)42-43-19-7-10-21-22(11-19)49-31(48)41-21/h1-14,29-30,44H,(H,33,35)(H,40,45)(H,41,48)(H,32,34,36,38). The van der Waals surface area contributed by atoms with E-state index in [-0.39, 0.29) is 10.8 Å². The minimum absolute atomic E-state index is 0.00300. The van der Waals surface area contributed by atoms with E-state index < -0.39 is 20.0 Å². The highest BCUT2D eigenvalue weighted by Crippen LogP contribution is 2.44. The van der Waals surface area contributed by atoms with Crippen molar-refractivity contribution in [1.82, 2.24) is 34.9 Å². The third-order valence-electron chi connectivity index (χ3n) is 7.34. The molecule has 1 aliphatic rings. The van der Waals surface area contributed by atoms with Crippen LogP contribution in [0, 0.1) is 3.95 Å². The monoisotopic (exact) mass is 783 g/mol. The number of thioether (sulfide) groups is 2. The highest BCUT2D eigenvalue weighted by Gasteiger charge is 2.30. The van der Waals surface area contributed by atoms with Gasteiger partial charge in [-0.2, -0.15) is 15.2 Å². The average Bonchev–Trinajstić information content (AvgIpc) is 3.91. The van der Waals surface area contributed by atoms with E-state index in [4.69, 9.17) is 12.2 Å². The van der Waals surface area contributed by atoms with Crippen LogP contribution in [0.3, 0.4) is 0 Å². The third kappa shape index (κ3) is 7.26. The molecule has 0 saturated carbocycles. The number of hydrogen-bond donors (Lipinski definition) is 5. The Hall–Kier alpha value is -5.57. The molecule has 1 amide bonds. The summed E-state index contributed by atoms with van der Waals surface area (Å²) in [5.41, 5.74) is 4.55. The first-order valence-corrected chi connectivity index (χ1v) is 19.5. The predicted octanol–water partition coefficient (Wildman–Crippen LogP) is 7.87. The lowest BCUT2D eigenvalue weighted by Crippen LogP contribution is -2.24. The summed E-state index contributed by atoms with van der Waals surface area (Å²) >= 11 is 9.07. The van der Waals surface area contributed by atoms with Gasteiger partial charge < -0.3 is 20.3 Å². The van der Waals surface area contributed by atoms with Crippen LogP contribution < -0.4 is 10.0 Å². The summed E-state index contributed by atoms with van der Waals surface area (Å²) in [7, 11) is -3.96. The molecule has 0 spiro atoms. The van der Waals surface area contributed by atoms with Gasteiger partial charge in [0.25, 0.3) is 10.0 Å². The molecule has 0 aliphatic carbocycles. The Morgan fingerprint density at radius 2 is 1.71 bits per heavy atom. The molecule has 8 rings (SSSR count). The van der Waals surface area contributed by atoms with Gasteiger partial charge in [0.1, 0.15) is 21.5 Å². The number of aliphatic imine (C=N–C) groups is 2. The van der Waals surface area contributed by atoms with Crippen molar-refractivity contribution in [3.63, 3.8) is 0 Å². The Bertz CT molecular complexity index is 2710. The summed E-state index contributed by atoms with van der Waals surface area (Å²) in [4.78, 5) is 48.1. The second-order valence-electron chi connectivity index (χ2n) is 10.8. The summed E-state index contributed by atoms with van der Waals surface area (Å²) in [6, 6.07) is 20.6. The van der Waals surface area contributed by atoms with Gasteiger partial charge in [-0.3, -0.25) is 9.52 Å². The number of anilines is 2. The van der Waals surface area contributed by atoms with Crippen LogP contribution in [-0.2, 0) is 14.8 Å². The van der Waals surface area contributed by atoms with Gasteiger partial charge in [0.2, 0.25) is 5.91 Å². The zero-order chi connectivity index (χ0) is 35.7. The maximum absolute atomic E-state index is 13.8. The third-order valence-corrected chi connectivity index (χ3v) is 12.6. The molecule has 0 saturated heterocycles.